The maximum atomic E-state index is 12.8. The molecule has 7 heteroatoms. The molecule has 0 unspecified atom stereocenters. The molecule has 0 bridgehead atoms. The highest BCUT2D eigenvalue weighted by molar-refractivity contribution is 7.86. The second-order valence-electron chi connectivity index (χ2n) is 7.80. The minimum atomic E-state index is -4.02. The van der Waals surface area contributed by atoms with Crippen LogP contribution in [0.1, 0.15) is 27.2 Å². The zero-order chi connectivity index (χ0) is 20.2. The van der Waals surface area contributed by atoms with Gasteiger partial charge in [-0.3, -0.25) is 13.8 Å². The molecule has 5 atom stereocenters. The molecule has 0 amide bonds. The molecule has 148 valence electrons. The van der Waals surface area contributed by atoms with Crippen molar-refractivity contribution in [3.8, 4) is 0 Å². The molecule has 1 aromatic carbocycles. The molecular formula is C21H22O6S. The number of rotatable bonds is 3. The molecular weight excluding hydrogens is 380 g/mol. The van der Waals surface area contributed by atoms with Crippen LogP contribution in [0.25, 0.3) is 0 Å². The van der Waals surface area contributed by atoms with Crippen molar-refractivity contribution in [1.82, 2.24) is 0 Å². The van der Waals surface area contributed by atoms with E-state index in [-0.39, 0.29) is 29.0 Å². The summed E-state index contributed by atoms with van der Waals surface area (Å²) in [6, 6.07) is 7.92. The van der Waals surface area contributed by atoms with E-state index in [4.69, 9.17) is 8.92 Å². The van der Waals surface area contributed by atoms with Gasteiger partial charge in [0.05, 0.1) is 16.9 Å². The van der Waals surface area contributed by atoms with Crippen molar-refractivity contribution in [2.75, 3.05) is 0 Å². The Morgan fingerprint density at radius 2 is 1.79 bits per heavy atom. The monoisotopic (exact) mass is 402 g/mol. The van der Waals surface area contributed by atoms with Gasteiger partial charge in [0.2, 0.25) is 0 Å². The van der Waals surface area contributed by atoms with Crippen LogP contribution in [-0.4, -0.2) is 32.4 Å². The fraction of sp³-hybridized carbons (Fsp3) is 0.429. The van der Waals surface area contributed by atoms with Gasteiger partial charge >= 0.3 is 5.97 Å². The maximum absolute atomic E-state index is 12.8. The smallest absolute Gasteiger partial charge is 0.309 e. The molecule has 1 fully saturated rings. The lowest BCUT2D eigenvalue weighted by atomic mass is 9.80. The first kappa shape index (κ1) is 19.1. The minimum absolute atomic E-state index is 0.0614. The number of ether oxygens (including phenoxy) is 1. The number of hydrogen-bond donors (Lipinski definition) is 0. The highest BCUT2D eigenvalue weighted by Crippen LogP contribution is 2.49. The molecule has 4 rings (SSSR count). The molecule has 1 aromatic rings. The number of carbonyl (C=O) groups excluding carboxylic acids is 2. The van der Waals surface area contributed by atoms with Crippen LogP contribution in [0.2, 0.25) is 0 Å². The molecule has 0 radical (unpaired) electrons. The Hall–Kier alpha value is -2.25. The Morgan fingerprint density at radius 3 is 2.46 bits per heavy atom. The van der Waals surface area contributed by atoms with Crippen LogP contribution < -0.4 is 0 Å². The zero-order valence-corrected chi connectivity index (χ0v) is 16.7. The van der Waals surface area contributed by atoms with Crippen molar-refractivity contribution >= 4 is 21.9 Å². The third kappa shape index (κ3) is 2.93. The molecule has 0 spiro atoms. The Balaban J connectivity index is 1.76. The number of esters is 1. The number of carbonyl (C=O) groups is 2. The summed E-state index contributed by atoms with van der Waals surface area (Å²) in [6.07, 6.45) is 0.454. The molecule has 1 saturated heterocycles. The molecule has 2 aliphatic carbocycles. The van der Waals surface area contributed by atoms with Crippen LogP contribution in [0.3, 0.4) is 0 Å². The fourth-order valence-electron chi connectivity index (χ4n) is 4.69. The van der Waals surface area contributed by atoms with Crippen molar-refractivity contribution in [3.05, 3.63) is 53.1 Å². The summed E-state index contributed by atoms with van der Waals surface area (Å²) >= 11 is 0. The Labute approximate surface area is 164 Å². The van der Waals surface area contributed by atoms with Gasteiger partial charge in [-0.1, -0.05) is 36.3 Å². The SMILES string of the molecule is CC1=CC(=O)C2=C(C)C[C@@H](OS(=O)(=O)c3ccccc3)[C@H]3[C@@H](OC(=O)[C@H]3C)[C@@H]12. The van der Waals surface area contributed by atoms with E-state index in [1.807, 2.05) is 13.8 Å². The Bertz CT molecular complexity index is 1000. The largest absolute Gasteiger partial charge is 0.461 e. The van der Waals surface area contributed by atoms with E-state index >= 15 is 0 Å². The molecule has 0 N–H and O–H groups in total. The Morgan fingerprint density at radius 1 is 1.11 bits per heavy atom. The third-order valence-electron chi connectivity index (χ3n) is 6.01. The zero-order valence-electron chi connectivity index (χ0n) is 15.9. The summed E-state index contributed by atoms with van der Waals surface area (Å²) in [5.74, 6) is -1.79. The minimum Gasteiger partial charge on any atom is -0.461 e. The van der Waals surface area contributed by atoms with Crippen LogP contribution in [0.5, 0.6) is 0 Å². The van der Waals surface area contributed by atoms with Gasteiger partial charge in [-0.2, -0.15) is 8.42 Å². The first-order valence-corrected chi connectivity index (χ1v) is 10.7. The van der Waals surface area contributed by atoms with Crippen LogP contribution in [0, 0.1) is 17.8 Å². The van der Waals surface area contributed by atoms with Gasteiger partial charge in [-0.15, -0.1) is 0 Å². The Kier molecular flexibility index (Phi) is 4.55. The molecule has 28 heavy (non-hydrogen) atoms. The predicted octanol–water partition coefficient (Wildman–Crippen LogP) is 2.80. The highest BCUT2D eigenvalue weighted by atomic mass is 32.2. The van der Waals surface area contributed by atoms with E-state index < -0.39 is 34.2 Å². The van der Waals surface area contributed by atoms with E-state index in [1.165, 1.54) is 12.1 Å². The molecule has 6 nitrogen and oxygen atoms in total. The van der Waals surface area contributed by atoms with Crippen LogP contribution in [0.4, 0.5) is 0 Å². The van der Waals surface area contributed by atoms with Crippen molar-refractivity contribution in [1.29, 1.82) is 0 Å². The van der Waals surface area contributed by atoms with Gasteiger partial charge in [0.15, 0.2) is 5.78 Å². The molecule has 3 aliphatic rings. The van der Waals surface area contributed by atoms with Crippen molar-refractivity contribution < 1.29 is 26.9 Å². The highest BCUT2D eigenvalue weighted by Gasteiger charge is 2.55. The second-order valence-corrected chi connectivity index (χ2v) is 9.37. The van der Waals surface area contributed by atoms with Gasteiger partial charge in [-0.05, 0) is 38.5 Å². The first-order valence-electron chi connectivity index (χ1n) is 9.31. The van der Waals surface area contributed by atoms with E-state index in [2.05, 4.69) is 0 Å². The van der Waals surface area contributed by atoms with Crippen molar-refractivity contribution in [2.45, 2.75) is 44.3 Å². The van der Waals surface area contributed by atoms with E-state index in [0.29, 0.717) is 5.57 Å². The summed E-state index contributed by atoms with van der Waals surface area (Å²) in [4.78, 5) is 24.9. The van der Waals surface area contributed by atoms with E-state index in [9.17, 15) is 18.0 Å². The van der Waals surface area contributed by atoms with Crippen LogP contribution >= 0.6 is 0 Å². The number of ketones is 1. The summed E-state index contributed by atoms with van der Waals surface area (Å²) in [6.45, 7) is 5.40. The first-order chi connectivity index (χ1) is 13.2. The summed E-state index contributed by atoms with van der Waals surface area (Å²) in [5.41, 5.74) is 2.23. The van der Waals surface area contributed by atoms with E-state index in [0.717, 1.165) is 11.1 Å². The van der Waals surface area contributed by atoms with Gasteiger partial charge in [-0.25, -0.2) is 0 Å². The predicted molar refractivity (Wildman–Crippen MR) is 101 cm³/mol. The van der Waals surface area contributed by atoms with Gasteiger partial charge in [0.1, 0.15) is 6.10 Å². The number of hydrogen-bond acceptors (Lipinski definition) is 6. The number of fused-ring (bicyclic) bond motifs is 3. The second kappa shape index (κ2) is 6.67. The average molecular weight is 402 g/mol. The van der Waals surface area contributed by atoms with Gasteiger partial charge < -0.3 is 4.74 Å². The molecule has 0 saturated carbocycles. The fourth-order valence-corrected chi connectivity index (χ4v) is 5.81. The van der Waals surface area contributed by atoms with Crippen LogP contribution in [-0.2, 0) is 28.6 Å². The summed E-state index contributed by atoms with van der Waals surface area (Å²) in [7, 11) is -4.02. The lowest BCUT2D eigenvalue weighted by molar-refractivity contribution is -0.144. The molecule has 1 heterocycles. The summed E-state index contributed by atoms with van der Waals surface area (Å²) < 4.78 is 37.0. The standard InChI is InChI=1S/C21H22O6S/c1-11-9-15(22)17-12(2)10-16(19-13(3)21(23)26-20(19)18(11)17)27-28(24,25)14-7-5-4-6-8-14/h4-9,13,16,18-20H,10H2,1-3H3/t13-,16+,18-,19-,20-/m0/s1. The lowest BCUT2D eigenvalue weighted by Gasteiger charge is -2.29. The van der Waals surface area contributed by atoms with Gasteiger partial charge in [0.25, 0.3) is 10.1 Å². The van der Waals surface area contributed by atoms with Gasteiger partial charge in [0, 0.05) is 17.4 Å². The quantitative estimate of drug-likeness (QED) is 0.571. The average Bonchev–Trinajstić information content (AvgIpc) is 3.05. The van der Waals surface area contributed by atoms with Crippen molar-refractivity contribution in [3.63, 3.8) is 0 Å². The van der Waals surface area contributed by atoms with Crippen LogP contribution in [0.15, 0.2) is 58.0 Å². The maximum Gasteiger partial charge on any atom is 0.309 e. The lowest BCUT2D eigenvalue weighted by Crippen LogP contribution is -2.38. The van der Waals surface area contributed by atoms with E-state index in [1.54, 1.807) is 31.2 Å². The normalized spacial score (nSPS) is 32.5. The third-order valence-corrected chi connectivity index (χ3v) is 7.36. The molecule has 0 aromatic heterocycles. The molecule has 1 aliphatic heterocycles. The van der Waals surface area contributed by atoms with Crippen molar-refractivity contribution in [2.24, 2.45) is 17.8 Å². The number of benzene rings is 1. The summed E-state index contributed by atoms with van der Waals surface area (Å²) in [5, 5.41) is 0. The number of allylic oxidation sites excluding steroid dienone is 1. The topological polar surface area (TPSA) is 86.7 Å².